The van der Waals surface area contributed by atoms with Crippen molar-refractivity contribution in [3.63, 3.8) is 0 Å². The summed E-state index contributed by atoms with van der Waals surface area (Å²) in [5, 5.41) is 0. The largest absolute Gasteiger partial charge is 0.398 e. The topological polar surface area (TPSA) is 72.6 Å². The molecule has 1 aromatic carbocycles. The van der Waals surface area contributed by atoms with Gasteiger partial charge in [0.2, 0.25) is 10.0 Å². The Kier molecular flexibility index (Phi) is 4.36. The predicted molar refractivity (Wildman–Crippen MR) is 79.1 cm³/mol. The molecular formula is C14H22N2O3S. The molecule has 0 unspecified atom stereocenters. The molecule has 0 heterocycles. The third kappa shape index (κ3) is 2.97. The molecule has 1 fully saturated rings. The fourth-order valence-corrected chi connectivity index (χ4v) is 4.30. The zero-order chi connectivity index (χ0) is 14.9. The molecule has 2 rings (SSSR count). The molecule has 5 nitrogen and oxygen atoms in total. The summed E-state index contributed by atoms with van der Waals surface area (Å²) in [6.07, 6.45) is 1.84. The van der Waals surface area contributed by atoms with Crippen molar-refractivity contribution in [2.24, 2.45) is 0 Å². The number of nitrogen functional groups attached to an aromatic ring is 1. The normalized spacial score (nSPS) is 15.8. The van der Waals surface area contributed by atoms with E-state index in [4.69, 9.17) is 10.5 Å². The summed E-state index contributed by atoms with van der Waals surface area (Å²) in [6, 6.07) is 3.60. The lowest BCUT2D eigenvalue weighted by Crippen LogP contribution is -2.36. The average molecular weight is 298 g/mol. The van der Waals surface area contributed by atoms with E-state index in [-0.39, 0.29) is 6.04 Å². The Hall–Kier alpha value is -1.11. The molecule has 0 amide bonds. The lowest BCUT2D eigenvalue weighted by atomic mass is 10.1. The van der Waals surface area contributed by atoms with Crippen LogP contribution in [0.4, 0.5) is 5.69 Å². The molecule has 2 N–H and O–H groups in total. The van der Waals surface area contributed by atoms with Crippen LogP contribution in [0.3, 0.4) is 0 Å². The first-order valence-electron chi connectivity index (χ1n) is 6.75. The number of nitrogens with two attached hydrogens (primary N) is 1. The van der Waals surface area contributed by atoms with Gasteiger partial charge in [-0.3, -0.25) is 0 Å². The van der Waals surface area contributed by atoms with Crippen LogP contribution in [-0.2, 0) is 14.8 Å². The molecule has 1 aliphatic carbocycles. The first kappa shape index (κ1) is 15.3. The van der Waals surface area contributed by atoms with E-state index in [1.165, 1.54) is 0 Å². The van der Waals surface area contributed by atoms with Crippen LogP contribution < -0.4 is 5.73 Å². The van der Waals surface area contributed by atoms with Crippen LogP contribution in [0, 0.1) is 13.8 Å². The van der Waals surface area contributed by atoms with Gasteiger partial charge < -0.3 is 10.5 Å². The van der Waals surface area contributed by atoms with E-state index in [1.807, 2.05) is 6.92 Å². The van der Waals surface area contributed by atoms with E-state index >= 15 is 0 Å². The maximum absolute atomic E-state index is 12.9. The molecule has 1 aromatic rings. The maximum atomic E-state index is 12.9. The molecule has 112 valence electrons. The summed E-state index contributed by atoms with van der Waals surface area (Å²) in [5.41, 5.74) is 7.90. The number of aryl methyl sites for hydroxylation is 1. The number of nitrogens with zero attached hydrogens (tertiary/aromatic N) is 1. The van der Waals surface area contributed by atoms with Crippen molar-refractivity contribution in [1.82, 2.24) is 4.31 Å². The van der Waals surface area contributed by atoms with Crippen LogP contribution in [0.25, 0.3) is 0 Å². The fourth-order valence-electron chi connectivity index (χ4n) is 2.29. The summed E-state index contributed by atoms with van der Waals surface area (Å²) >= 11 is 0. The van der Waals surface area contributed by atoms with E-state index in [0.29, 0.717) is 29.3 Å². The number of sulfonamides is 1. The van der Waals surface area contributed by atoms with Crippen LogP contribution in [0.5, 0.6) is 0 Å². The Morgan fingerprint density at radius 1 is 1.35 bits per heavy atom. The van der Waals surface area contributed by atoms with Gasteiger partial charge in [0.1, 0.15) is 0 Å². The second kappa shape index (κ2) is 5.71. The molecule has 1 aliphatic rings. The fraction of sp³-hybridized carbons (Fsp3) is 0.571. The number of rotatable bonds is 6. The van der Waals surface area contributed by atoms with Crippen molar-refractivity contribution in [3.8, 4) is 0 Å². The Bertz CT molecular complexity index is 595. The standard InChI is InChI=1S/C14H22N2O3S/c1-10-8-13(15)11(2)14(9-10)20(17,18)16(6-7-19-3)12-4-5-12/h8-9,12H,4-7,15H2,1-3H3. The number of anilines is 1. The van der Waals surface area contributed by atoms with Gasteiger partial charge in [-0.25, -0.2) is 8.42 Å². The highest BCUT2D eigenvalue weighted by Crippen LogP contribution is 2.34. The third-order valence-corrected chi connectivity index (χ3v) is 5.68. The average Bonchev–Trinajstić information content (AvgIpc) is 3.18. The minimum Gasteiger partial charge on any atom is -0.398 e. The Morgan fingerprint density at radius 3 is 2.55 bits per heavy atom. The summed E-state index contributed by atoms with van der Waals surface area (Å²) in [4.78, 5) is 0.318. The highest BCUT2D eigenvalue weighted by molar-refractivity contribution is 7.89. The van der Waals surface area contributed by atoms with Crippen LogP contribution in [0.15, 0.2) is 17.0 Å². The van der Waals surface area contributed by atoms with Crippen LogP contribution in [0.1, 0.15) is 24.0 Å². The summed E-state index contributed by atoms with van der Waals surface area (Å²) in [5.74, 6) is 0. The lowest BCUT2D eigenvalue weighted by molar-refractivity contribution is 0.177. The van der Waals surface area contributed by atoms with Crippen LogP contribution in [0.2, 0.25) is 0 Å². The maximum Gasteiger partial charge on any atom is 0.243 e. The monoisotopic (exact) mass is 298 g/mol. The number of benzene rings is 1. The van der Waals surface area contributed by atoms with Gasteiger partial charge in [-0.15, -0.1) is 0 Å². The number of methoxy groups -OCH3 is 1. The molecule has 0 bridgehead atoms. The van der Waals surface area contributed by atoms with Gasteiger partial charge in [0.05, 0.1) is 11.5 Å². The van der Waals surface area contributed by atoms with E-state index in [2.05, 4.69) is 0 Å². The Labute approximate surface area is 120 Å². The van der Waals surface area contributed by atoms with Gasteiger partial charge in [-0.2, -0.15) is 4.31 Å². The number of hydrogen-bond donors (Lipinski definition) is 1. The zero-order valence-corrected chi connectivity index (χ0v) is 13.0. The molecular weight excluding hydrogens is 276 g/mol. The van der Waals surface area contributed by atoms with E-state index in [9.17, 15) is 8.42 Å². The second-order valence-corrected chi connectivity index (χ2v) is 7.18. The van der Waals surface area contributed by atoms with Crippen molar-refractivity contribution >= 4 is 15.7 Å². The highest BCUT2D eigenvalue weighted by atomic mass is 32.2. The molecule has 0 spiro atoms. The smallest absolute Gasteiger partial charge is 0.243 e. The van der Waals surface area contributed by atoms with E-state index < -0.39 is 10.0 Å². The van der Waals surface area contributed by atoms with Gasteiger partial charge >= 0.3 is 0 Å². The highest BCUT2D eigenvalue weighted by Gasteiger charge is 2.38. The molecule has 0 aromatic heterocycles. The second-order valence-electron chi connectivity index (χ2n) is 5.32. The molecule has 0 saturated heterocycles. The molecule has 0 atom stereocenters. The van der Waals surface area contributed by atoms with Crippen molar-refractivity contribution in [2.75, 3.05) is 26.0 Å². The minimum absolute atomic E-state index is 0.108. The molecule has 6 heteroatoms. The predicted octanol–water partition coefficient (Wildman–Crippen LogP) is 1.69. The molecule has 20 heavy (non-hydrogen) atoms. The lowest BCUT2D eigenvalue weighted by Gasteiger charge is -2.23. The van der Waals surface area contributed by atoms with Crippen molar-refractivity contribution in [1.29, 1.82) is 0 Å². The Balaban J connectivity index is 2.42. The molecule has 0 aliphatic heterocycles. The van der Waals surface area contributed by atoms with Crippen LogP contribution >= 0.6 is 0 Å². The zero-order valence-electron chi connectivity index (χ0n) is 12.2. The van der Waals surface area contributed by atoms with Gasteiger partial charge in [0.15, 0.2) is 0 Å². The SMILES string of the molecule is COCCN(C1CC1)S(=O)(=O)c1cc(C)cc(N)c1C. The van der Waals surface area contributed by atoms with Gasteiger partial charge in [-0.1, -0.05) is 0 Å². The van der Waals surface area contributed by atoms with Gasteiger partial charge in [0.25, 0.3) is 0 Å². The molecule has 0 radical (unpaired) electrons. The molecule has 1 saturated carbocycles. The van der Waals surface area contributed by atoms with Gasteiger partial charge in [0, 0.05) is 25.4 Å². The summed E-state index contributed by atoms with van der Waals surface area (Å²) < 4.78 is 32.3. The quantitative estimate of drug-likeness (QED) is 0.811. The van der Waals surface area contributed by atoms with E-state index in [1.54, 1.807) is 30.5 Å². The third-order valence-electron chi connectivity index (χ3n) is 3.60. The number of ether oxygens (including phenoxy) is 1. The first-order chi connectivity index (χ1) is 9.37. The van der Waals surface area contributed by atoms with Crippen LogP contribution in [-0.4, -0.2) is 39.0 Å². The van der Waals surface area contributed by atoms with Crippen molar-refractivity contribution in [2.45, 2.75) is 37.6 Å². The Morgan fingerprint density at radius 2 is 2.00 bits per heavy atom. The first-order valence-corrected chi connectivity index (χ1v) is 8.19. The number of hydrogen-bond acceptors (Lipinski definition) is 4. The summed E-state index contributed by atoms with van der Waals surface area (Å²) in [6.45, 7) is 4.39. The van der Waals surface area contributed by atoms with Crippen molar-refractivity contribution in [3.05, 3.63) is 23.3 Å². The van der Waals surface area contributed by atoms with Crippen molar-refractivity contribution < 1.29 is 13.2 Å². The minimum atomic E-state index is -3.51. The van der Waals surface area contributed by atoms with E-state index in [0.717, 1.165) is 18.4 Å². The summed E-state index contributed by atoms with van der Waals surface area (Å²) in [7, 11) is -1.94. The van der Waals surface area contributed by atoms with Gasteiger partial charge in [-0.05, 0) is 49.9 Å².